The van der Waals surface area contributed by atoms with Crippen LogP contribution in [0.4, 0.5) is 0 Å². The van der Waals surface area contributed by atoms with E-state index in [4.69, 9.17) is 9.15 Å². The van der Waals surface area contributed by atoms with Gasteiger partial charge in [0.15, 0.2) is 0 Å². The predicted octanol–water partition coefficient (Wildman–Crippen LogP) is 4.92. The predicted molar refractivity (Wildman–Crippen MR) is 123 cm³/mol. The lowest BCUT2D eigenvalue weighted by Crippen LogP contribution is -2.62. The van der Waals surface area contributed by atoms with Crippen LogP contribution in [0.3, 0.4) is 0 Å². The third-order valence-corrected chi connectivity index (χ3v) is 6.52. The van der Waals surface area contributed by atoms with Crippen LogP contribution in [0.1, 0.15) is 46.1 Å². The quantitative estimate of drug-likeness (QED) is 0.640. The van der Waals surface area contributed by atoms with Crippen LogP contribution in [0.25, 0.3) is 22.1 Å². The third kappa shape index (κ3) is 3.77. The van der Waals surface area contributed by atoms with E-state index in [0.29, 0.717) is 29.3 Å². The van der Waals surface area contributed by atoms with Gasteiger partial charge >= 0.3 is 0 Å². The van der Waals surface area contributed by atoms with Crippen LogP contribution in [-0.2, 0) is 6.54 Å². The largest absolute Gasteiger partial charge is 0.478 e. The first-order valence-corrected chi connectivity index (χ1v) is 11.0. The van der Waals surface area contributed by atoms with Crippen LogP contribution < -0.4 is 15.5 Å². The van der Waals surface area contributed by atoms with Gasteiger partial charge in [-0.15, -0.1) is 0 Å². The highest BCUT2D eigenvalue weighted by Crippen LogP contribution is 2.37. The van der Waals surface area contributed by atoms with E-state index in [9.17, 15) is 4.79 Å². The third-order valence-electron chi connectivity index (χ3n) is 6.52. The molecule has 0 bridgehead atoms. The zero-order valence-electron chi connectivity index (χ0n) is 18.7. The molecule has 1 N–H and O–H groups in total. The molecule has 5 rings (SSSR count). The first-order valence-electron chi connectivity index (χ1n) is 11.0. The minimum absolute atomic E-state index is 0.00323. The lowest BCUT2D eigenvalue weighted by Gasteiger charge is -2.50. The summed E-state index contributed by atoms with van der Waals surface area (Å²) in [7, 11) is 0. The molecule has 2 aromatic carbocycles. The molecular weight excluding hydrogens is 388 g/mol. The Kier molecular flexibility index (Phi) is 4.72. The number of hydrogen-bond acceptors (Lipinski definition) is 5. The molecule has 1 fully saturated rings. The maximum absolute atomic E-state index is 13.2. The summed E-state index contributed by atoms with van der Waals surface area (Å²) < 4.78 is 12.2. The van der Waals surface area contributed by atoms with E-state index in [0.717, 1.165) is 36.3 Å². The van der Waals surface area contributed by atoms with E-state index in [1.807, 2.05) is 42.5 Å². The number of hydrogen-bond donors (Lipinski definition) is 1. The molecule has 3 aromatic rings. The zero-order chi connectivity index (χ0) is 21.8. The fourth-order valence-electron chi connectivity index (χ4n) is 5.50. The molecule has 0 aliphatic carbocycles. The number of nitrogens with zero attached hydrogens (tertiary/aromatic N) is 1. The molecule has 0 spiro atoms. The van der Waals surface area contributed by atoms with Crippen LogP contribution in [0, 0.1) is 0 Å². The van der Waals surface area contributed by atoms with Crippen LogP contribution >= 0.6 is 0 Å². The van der Waals surface area contributed by atoms with E-state index in [2.05, 4.69) is 37.9 Å². The Morgan fingerprint density at radius 1 is 1.00 bits per heavy atom. The maximum Gasteiger partial charge on any atom is 0.200 e. The Morgan fingerprint density at radius 3 is 2.42 bits per heavy atom. The highest BCUT2D eigenvalue weighted by atomic mass is 16.5. The summed E-state index contributed by atoms with van der Waals surface area (Å²) in [6.07, 6.45) is 3.68. The van der Waals surface area contributed by atoms with Gasteiger partial charge < -0.3 is 14.5 Å². The minimum atomic E-state index is -0.00323. The summed E-state index contributed by atoms with van der Waals surface area (Å²) in [6, 6.07) is 13.8. The second kappa shape index (κ2) is 7.21. The topological polar surface area (TPSA) is 54.7 Å². The van der Waals surface area contributed by atoms with Crippen molar-refractivity contribution in [1.29, 1.82) is 0 Å². The van der Waals surface area contributed by atoms with Crippen molar-refractivity contribution in [2.45, 2.75) is 64.2 Å². The molecule has 0 saturated carbocycles. The summed E-state index contributed by atoms with van der Waals surface area (Å²) in [5, 5.41) is 4.36. The van der Waals surface area contributed by atoms with E-state index < -0.39 is 0 Å². The second-order valence-corrected chi connectivity index (χ2v) is 10.2. The summed E-state index contributed by atoms with van der Waals surface area (Å²) in [4.78, 5) is 15.6. The number of rotatable bonds is 2. The normalized spacial score (nSPS) is 20.9. The van der Waals surface area contributed by atoms with E-state index in [1.165, 1.54) is 0 Å². The second-order valence-electron chi connectivity index (χ2n) is 10.2. The molecule has 2 aliphatic heterocycles. The molecule has 0 atom stereocenters. The molecule has 5 heteroatoms. The fraction of sp³-hybridized carbons (Fsp3) is 0.423. The SMILES string of the molecule is CC1(C)CC(N2COc3ccc4c(=O)c(-c5ccccc5)coc4c3C2)CC(C)(C)N1. The van der Waals surface area contributed by atoms with Crippen molar-refractivity contribution in [3.8, 4) is 16.9 Å². The van der Waals surface area contributed by atoms with E-state index in [-0.39, 0.29) is 16.5 Å². The van der Waals surface area contributed by atoms with Crippen LogP contribution in [0.2, 0.25) is 0 Å². The Hall–Kier alpha value is -2.63. The highest BCUT2D eigenvalue weighted by molar-refractivity contribution is 5.85. The molecule has 0 radical (unpaired) electrons. The van der Waals surface area contributed by atoms with Gasteiger partial charge in [-0.05, 0) is 58.2 Å². The Morgan fingerprint density at radius 2 is 1.71 bits per heavy atom. The van der Waals surface area contributed by atoms with Gasteiger partial charge in [0, 0.05) is 23.7 Å². The molecule has 3 heterocycles. The monoisotopic (exact) mass is 418 g/mol. The average molecular weight is 419 g/mol. The fourth-order valence-corrected chi connectivity index (χ4v) is 5.50. The Labute approximate surface area is 183 Å². The van der Waals surface area contributed by atoms with Gasteiger partial charge in [-0.1, -0.05) is 30.3 Å². The summed E-state index contributed by atoms with van der Waals surface area (Å²) in [6.45, 7) is 10.3. The Balaban J connectivity index is 1.52. The van der Waals surface area contributed by atoms with Gasteiger partial charge in [-0.3, -0.25) is 9.69 Å². The molecule has 0 amide bonds. The van der Waals surface area contributed by atoms with Gasteiger partial charge in [0.05, 0.1) is 16.5 Å². The number of nitrogens with one attached hydrogen (secondary N) is 1. The lowest BCUT2D eigenvalue weighted by molar-refractivity contribution is 0.00318. The summed E-state index contributed by atoms with van der Waals surface area (Å²) >= 11 is 0. The average Bonchev–Trinajstić information content (AvgIpc) is 2.72. The van der Waals surface area contributed by atoms with Gasteiger partial charge in [0.1, 0.15) is 24.3 Å². The lowest BCUT2D eigenvalue weighted by atomic mass is 9.79. The standard InChI is InChI=1S/C26H30N2O3/c1-25(2)12-18(13-26(3,4)27-25)28-14-20-22(31-16-28)11-10-19-23(29)21(15-30-24(19)20)17-8-6-5-7-9-17/h5-11,15,18,27H,12-14,16H2,1-4H3. The molecule has 2 aliphatic rings. The summed E-state index contributed by atoms with van der Waals surface area (Å²) in [5.74, 6) is 0.812. The van der Waals surface area contributed by atoms with Crippen LogP contribution in [0.5, 0.6) is 5.75 Å². The van der Waals surface area contributed by atoms with Crippen molar-refractivity contribution < 1.29 is 9.15 Å². The molecule has 1 aromatic heterocycles. The molecule has 1 saturated heterocycles. The van der Waals surface area contributed by atoms with Gasteiger partial charge in [0.25, 0.3) is 0 Å². The van der Waals surface area contributed by atoms with Crippen molar-refractivity contribution in [2.75, 3.05) is 6.73 Å². The van der Waals surface area contributed by atoms with Crippen molar-refractivity contribution in [3.05, 3.63) is 64.5 Å². The van der Waals surface area contributed by atoms with Crippen LogP contribution in [-0.4, -0.2) is 28.8 Å². The number of ether oxygens (including phenoxy) is 1. The smallest absolute Gasteiger partial charge is 0.200 e. The van der Waals surface area contributed by atoms with Gasteiger partial charge in [-0.2, -0.15) is 0 Å². The van der Waals surface area contributed by atoms with Crippen molar-refractivity contribution in [1.82, 2.24) is 10.2 Å². The molecule has 162 valence electrons. The highest BCUT2D eigenvalue weighted by Gasteiger charge is 2.41. The van der Waals surface area contributed by atoms with Crippen molar-refractivity contribution in [2.24, 2.45) is 0 Å². The van der Waals surface area contributed by atoms with Crippen molar-refractivity contribution >= 4 is 11.0 Å². The first kappa shape index (κ1) is 20.3. The number of benzene rings is 2. The van der Waals surface area contributed by atoms with Gasteiger partial charge in [0.2, 0.25) is 5.43 Å². The first-order chi connectivity index (χ1) is 14.7. The number of piperidine rings is 1. The summed E-state index contributed by atoms with van der Waals surface area (Å²) in [5.41, 5.74) is 3.17. The minimum Gasteiger partial charge on any atom is -0.478 e. The van der Waals surface area contributed by atoms with Crippen molar-refractivity contribution in [3.63, 3.8) is 0 Å². The van der Waals surface area contributed by atoms with E-state index >= 15 is 0 Å². The molecular formula is C26H30N2O3. The number of fused-ring (bicyclic) bond motifs is 3. The zero-order valence-corrected chi connectivity index (χ0v) is 18.7. The molecule has 5 nitrogen and oxygen atoms in total. The Bertz CT molecular complexity index is 1160. The van der Waals surface area contributed by atoms with Crippen LogP contribution in [0.15, 0.2) is 57.9 Å². The van der Waals surface area contributed by atoms with Gasteiger partial charge in [-0.25, -0.2) is 0 Å². The van der Waals surface area contributed by atoms with E-state index in [1.54, 1.807) is 6.26 Å². The maximum atomic E-state index is 13.2. The molecule has 31 heavy (non-hydrogen) atoms. The molecule has 0 unspecified atom stereocenters.